The summed E-state index contributed by atoms with van der Waals surface area (Å²) in [6.45, 7) is 2.04. The number of carboxylic acid groups (broad SMARTS) is 1. The van der Waals surface area contributed by atoms with E-state index in [1.807, 2.05) is 31.2 Å². The van der Waals surface area contributed by atoms with Crippen LogP contribution in [0.25, 0.3) is 20.7 Å². The first-order chi connectivity index (χ1) is 14.6. The number of nitrogens with zero attached hydrogens (tertiary/aromatic N) is 3. The molecule has 2 heterocycles. The van der Waals surface area contributed by atoms with Crippen molar-refractivity contribution in [2.45, 2.75) is 6.92 Å². The quantitative estimate of drug-likeness (QED) is 0.344. The van der Waals surface area contributed by atoms with Crippen LogP contribution in [0.3, 0.4) is 0 Å². The number of hydrazone groups is 1. The smallest absolute Gasteiger partial charge is 0.335 e. The third kappa shape index (κ3) is 3.85. The molecule has 150 valence electrons. The average molecular weight is 418 g/mol. The Hall–Kier alpha value is -3.78. The molecule has 0 aliphatic rings. The first kappa shape index (κ1) is 19.5. The van der Waals surface area contributed by atoms with Gasteiger partial charge in [0.25, 0.3) is 0 Å². The lowest BCUT2D eigenvalue weighted by Gasteiger charge is -2.02. The summed E-state index contributed by atoms with van der Waals surface area (Å²) in [5, 5.41) is 13.2. The molecule has 0 atom stereocenters. The van der Waals surface area contributed by atoms with E-state index in [0.717, 1.165) is 37.5 Å². The van der Waals surface area contributed by atoms with Gasteiger partial charge in [0.1, 0.15) is 12.1 Å². The molecule has 4 aromatic rings. The third-order valence-corrected chi connectivity index (χ3v) is 5.93. The molecule has 2 aromatic carbocycles. The zero-order valence-electron chi connectivity index (χ0n) is 16.3. The number of hydrogen-bond donors (Lipinski definition) is 2. The number of aromatic nitrogens is 2. The molecule has 0 aliphatic heterocycles. The van der Waals surface area contributed by atoms with Crippen LogP contribution in [-0.4, -0.2) is 34.4 Å². The van der Waals surface area contributed by atoms with Crippen molar-refractivity contribution in [2.75, 3.05) is 12.5 Å². The van der Waals surface area contributed by atoms with Gasteiger partial charge in [-0.1, -0.05) is 12.1 Å². The number of anilines is 1. The van der Waals surface area contributed by atoms with E-state index < -0.39 is 5.97 Å². The number of nitrogens with one attached hydrogen (secondary N) is 1. The van der Waals surface area contributed by atoms with Crippen LogP contribution >= 0.6 is 11.3 Å². The van der Waals surface area contributed by atoms with Crippen molar-refractivity contribution in [3.63, 3.8) is 0 Å². The number of carbonyl (C=O) groups is 1. The summed E-state index contributed by atoms with van der Waals surface area (Å²) in [5.41, 5.74) is 7.04. The molecule has 4 rings (SSSR count). The van der Waals surface area contributed by atoms with E-state index in [4.69, 9.17) is 9.84 Å². The molecular weight excluding hydrogens is 400 g/mol. The fraction of sp³-hybridized carbons (Fsp3) is 0.0909. The van der Waals surface area contributed by atoms with Gasteiger partial charge in [-0.3, -0.25) is 5.43 Å². The van der Waals surface area contributed by atoms with Gasteiger partial charge < -0.3 is 9.84 Å². The highest BCUT2D eigenvalue weighted by Gasteiger charge is 2.15. The number of methoxy groups -OCH3 is 1. The highest BCUT2D eigenvalue weighted by molar-refractivity contribution is 7.23. The number of carboxylic acids is 1. The number of thiophene rings is 1. The Morgan fingerprint density at radius 2 is 1.87 bits per heavy atom. The summed E-state index contributed by atoms with van der Waals surface area (Å²) >= 11 is 1.60. The van der Waals surface area contributed by atoms with E-state index in [9.17, 15) is 4.79 Å². The Kier molecular flexibility index (Phi) is 5.40. The monoisotopic (exact) mass is 418 g/mol. The van der Waals surface area contributed by atoms with Gasteiger partial charge >= 0.3 is 5.97 Å². The van der Waals surface area contributed by atoms with Crippen molar-refractivity contribution in [1.82, 2.24) is 9.97 Å². The van der Waals surface area contributed by atoms with Crippen LogP contribution in [0.4, 0.5) is 5.82 Å². The number of benzene rings is 2. The highest BCUT2D eigenvalue weighted by atomic mass is 32.1. The van der Waals surface area contributed by atoms with Crippen LogP contribution in [-0.2, 0) is 0 Å². The fourth-order valence-electron chi connectivity index (χ4n) is 3.00. The molecule has 8 heteroatoms. The van der Waals surface area contributed by atoms with Crippen molar-refractivity contribution in [3.8, 4) is 16.2 Å². The predicted octanol–water partition coefficient (Wildman–Crippen LogP) is 4.82. The Labute approximate surface area is 176 Å². The maximum atomic E-state index is 10.9. The van der Waals surface area contributed by atoms with Crippen molar-refractivity contribution in [2.24, 2.45) is 5.10 Å². The maximum Gasteiger partial charge on any atom is 0.335 e. The average Bonchev–Trinajstić information content (AvgIpc) is 3.11. The molecule has 0 saturated carbocycles. The zero-order valence-corrected chi connectivity index (χ0v) is 17.1. The van der Waals surface area contributed by atoms with E-state index in [1.165, 1.54) is 18.5 Å². The maximum absolute atomic E-state index is 10.9. The second-order valence-corrected chi connectivity index (χ2v) is 7.50. The van der Waals surface area contributed by atoms with Gasteiger partial charge in [0, 0.05) is 4.88 Å². The molecule has 2 aromatic heterocycles. The molecule has 0 bridgehead atoms. The normalized spacial score (nSPS) is 11.1. The Balaban J connectivity index is 1.60. The molecule has 30 heavy (non-hydrogen) atoms. The summed E-state index contributed by atoms with van der Waals surface area (Å²) < 4.78 is 6.15. The number of aryl methyl sites for hydroxylation is 1. The minimum Gasteiger partial charge on any atom is -0.497 e. The first-order valence-corrected chi connectivity index (χ1v) is 9.89. The van der Waals surface area contributed by atoms with Gasteiger partial charge in [-0.25, -0.2) is 14.8 Å². The standard InChI is InChI=1S/C22H18N4O3S/c1-13-18-20(30-19(13)15-7-9-17(29-2)10-8-15)21(24-12-23-18)26-25-11-14-3-5-16(6-4-14)22(27)28/h3-12H,1-2H3,(H,27,28)(H,23,24,26). The molecular formula is C22H18N4O3S. The van der Waals surface area contributed by atoms with Gasteiger partial charge in [0.05, 0.1) is 29.1 Å². The van der Waals surface area contributed by atoms with E-state index in [2.05, 4.69) is 20.5 Å². The zero-order chi connectivity index (χ0) is 21.1. The fourth-order valence-corrected chi connectivity index (χ4v) is 4.21. The van der Waals surface area contributed by atoms with Crippen molar-refractivity contribution in [3.05, 3.63) is 71.5 Å². The van der Waals surface area contributed by atoms with Crippen molar-refractivity contribution in [1.29, 1.82) is 0 Å². The van der Waals surface area contributed by atoms with Crippen LogP contribution < -0.4 is 10.2 Å². The summed E-state index contributed by atoms with van der Waals surface area (Å²) in [5.74, 6) is 0.470. The van der Waals surface area contributed by atoms with Crippen LogP contribution in [0, 0.1) is 6.92 Å². The number of aromatic carboxylic acids is 1. The van der Waals surface area contributed by atoms with Gasteiger partial charge in [0.15, 0.2) is 5.82 Å². The topological polar surface area (TPSA) is 96.7 Å². The molecule has 0 spiro atoms. The third-order valence-electron chi connectivity index (χ3n) is 4.60. The van der Waals surface area contributed by atoms with Crippen LogP contribution in [0.2, 0.25) is 0 Å². The largest absolute Gasteiger partial charge is 0.497 e. The lowest BCUT2D eigenvalue weighted by atomic mass is 10.1. The van der Waals surface area contributed by atoms with E-state index in [-0.39, 0.29) is 5.56 Å². The number of hydrogen-bond acceptors (Lipinski definition) is 7. The van der Waals surface area contributed by atoms with E-state index in [0.29, 0.717) is 5.82 Å². The molecule has 0 saturated heterocycles. The van der Waals surface area contributed by atoms with Crippen LogP contribution in [0.5, 0.6) is 5.75 Å². The minimum atomic E-state index is -0.958. The summed E-state index contributed by atoms with van der Waals surface area (Å²) in [7, 11) is 1.65. The predicted molar refractivity (Wildman–Crippen MR) is 119 cm³/mol. The summed E-state index contributed by atoms with van der Waals surface area (Å²) in [4.78, 5) is 20.8. The molecule has 0 fully saturated rings. The molecule has 0 amide bonds. The van der Waals surface area contributed by atoms with Crippen molar-refractivity contribution >= 4 is 39.6 Å². The lowest BCUT2D eigenvalue weighted by molar-refractivity contribution is 0.0697. The molecule has 0 unspecified atom stereocenters. The van der Waals surface area contributed by atoms with Gasteiger partial charge in [-0.05, 0) is 60.0 Å². The van der Waals surface area contributed by atoms with Gasteiger partial charge in [-0.15, -0.1) is 11.3 Å². The Bertz CT molecular complexity index is 1230. The van der Waals surface area contributed by atoms with Gasteiger partial charge in [0.2, 0.25) is 0 Å². The van der Waals surface area contributed by atoms with E-state index >= 15 is 0 Å². The number of rotatable bonds is 6. The molecule has 0 radical (unpaired) electrons. The first-order valence-electron chi connectivity index (χ1n) is 9.08. The van der Waals surface area contributed by atoms with Crippen molar-refractivity contribution < 1.29 is 14.6 Å². The number of fused-ring (bicyclic) bond motifs is 1. The molecule has 7 nitrogen and oxygen atoms in total. The molecule has 0 aliphatic carbocycles. The Morgan fingerprint density at radius 1 is 1.13 bits per heavy atom. The van der Waals surface area contributed by atoms with E-state index in [1.54, 1.807) is 36.8 Å². The second-order valence-electron chi connectivity index (χ2n) is 6.48. The van der Waals surface area contributed by atoms with Gasteiger partial charge in [-0.2, -0.15) is 5.10 Å². The van der Waals surface area contributed by atoms with Crippen LogP contribution in [0.1, 0.15) is 21.5 Å². The van der Waals surface area contributed by atoms with Crippen LogP contribution in [0.15, 0.2) is 60.0 Å². The summed E-state index contributed by atoms with van der Waals surface area (Å²) in [6, 6.07) is 14.4. The number of ether oxygens (including phenoxy) is 1. The summed E-state index contributed by atoms with van der Waals surface area (Å²) in [6.07, 6.45) is 3.13. The minimum absolute atomic E-state index is 0.234. The SMILES string of the molecule is COc1ccc(-c2sc3c(NN=Cc4ccc(C(=O)O)cc4)ncnc3c2C)cc1. The molecule has 2 N–H and O–H groups in total. The highest BCUT2D eigenvalue weighted by Crippen LogP contribution is 2.40. The second kappa shape index (κ2) is 8.30. The Morgan fingerprint density at radius 3 is 2.53 bits per heavy atom. The lowest BCUT2D eigenvalue weighted by Crippen LogP contribution is -1.97.